The van der Waals surface area contributed by atoms with Crippen LogP contribution in [0, 0.1) is 0 Å². The van der Waals surface area contributed by atoms with Crippen molar-refractivity contribution in [3.8, 4) is 0 Å². The Morgan fingerprint density at radius 3 is 2.67 bits per heavy atom. The fraction of sp³-hybridized carbons (Fsp3) is 0.462. The quantitative estimate of drug-likeness (QED) is 0.764. The molecule has 1 saturated heterocycles. The molecule has 0 unspecified atom stereocenters. The minimum Gasteiger partial charge on any atom is -0.347 e. The standard InChI is InChI=1S/C13H17N3O2/c17-10-15-12(9-11-3-5-14-6-4-11)13(18)16-7-1-2-8-16/h3-6,10,12H,1-2,7-9H2,(H,15,17)/t12-/m1/s1. The van der Waals surface area contributed by atoms with Gasteiger partial charge in [-0.15, -0.1) is 0 Å². The number of carbonyl (C=O) groups is 2. The van der Waals surface area contributed by atoms with Gasteiger partial charge < -0.3 is 10.2 Å². The zero-order valence-corrected chi connectivity index (χ0v) is 10.2. The van der Waals surface area contributed by atoms with Gasteiger partial charge >= 0.3 is 0 Å². The molecule has 0 bridgehead atoms. The van der Waals surface area contributed by atoms with Crippen molar-refractivity contribution in [2.24, 2.45) is 0 Å². The van der Waals surface area contributed by atoms with Gasteiger partial charge in [0.25, 0.3) is 0 Å². The van der Waals surface area contributed by atoms with E-state index in [0.29, 0.717) is 12.8 Å². The summed E-state index contributed by atoms with van der Waals surface area (Å²) in [5.41, 5.74) is 0.997. The Labute approximate surface area is 106 Å². The third kappa shape index (κ3) is 3.06. The van der Waals surface area contributed by atoms with Gasteiger partial charge in [0.1, 0.15) is 6.04 Å². The van der Waals surface area contributed by atoms with Crippen molar-refractivity contribution < 1.29 is 9.59 Å². The third-order valence-electron chi connectivity index (χ3n) is 3.17. The van der Waals surface area contributed by atoms with Crippen molar-refractivity contribution >= 4 is 12.3 Å². The van der Waals surface area contributed by atoms with Gasteiger partial charge in [-0.1, -0.05) is 0 Å². The molecule has 0 saturated carbocycles. The van der Waals surface area contributed by atoms with E-state index in [2.05, 4.69) is 10.3 Å². The van der Waals surface area contributed by atoms with Gasteiger partial charge in [-0.05, 0) is 30.5 Å². The molecule has 18 heavy (non-hydrogen) atoms. The topological polar surface area (TPSA) is 62.3 Å². The number of pyridine rings is 1. The van der Waals surface area contributed by atoms with Crippen LogP contribution in [0.4, 0.5) is 0 Å². The summed E-state index contributed by atoms with van der Waals surface area (Å²) in [5, 5.41) is 2.62. The number of nitrogens with zero attached hydrogens (tertiary/aromatic N) is 2. The molecule has 1 aliphatic heterocycles. The second-order valence-electron chi connectivity index (χ2n) is 4.43. The first-order valence-corrected chi connectivity index (χ1v) is 6.18. The molecule has 0 radical (unpaired) electrons. The molecule has 5 nitrogen and oxygen atoms in total. The summed E-state index contributed by atoms with van der Waals surface area (Å²) in [6.45, 7) is 1.60. The van der Waals surface area contributed by atoms with Crippen molar-refractivity contribution in [1.29, 1.82) is 0 Å². The zero-order valence-electron chi connectivity index (χ0n) is 10.2. The number of amides is 2. The van der Waals surface area contributed by atoms with Crippen LogP contribution in [-0.4, -0.2) is 41.3 Å². The minimum absolute atomic E-state index is 0.0106. The van der Waals surface area contributed by atoms with Crippen molar-refractivity contribution in [1.82, 2.24) is 15.2 Å². The second kappa shape index (κ2) is 6.14. The smallest absolute Gasteiger partial charge is 0.245 e. The van der Waals surface area contributed by atoms with E-state index >= 15 is 0 Å². The normalized spacial score (nSPS) is 16.3. The van der Waals surface area contributed by atoms with E-state index in [-0.39, 0.29) is 5.91 Å². The molecule has 1 atom stereocenters. The van der Waals surface area contributed by atoms with Gasteiger partial charge in [0.05, 0.1) is 0 Å². The predicted octanol–water partition coefficient (Wildman–Crippen LogP) is 0.361. The Bertz CT molecular complexity index is 402. The summed E-state index contributed by atoms with van der Waals surface area (Å²) in [6.07, 6.45) is 6.58. The minimum atomic E-state index is -0.469. The molecular weight excluding hydrogens is 230 g/mol. The van der Waals surface area contributed by atoms with Crippen molar-refractivity contribution in [3.63, 3.8) is 0 Å². The molecular formula is C13H17N3O2. The van der Waals surface area contributed by atoms with Gasteiger partial charge in [-0.2, -0.15) is 0 Å². The first-order chi connectivity index (χ1) is 8.81. The maximum absolute atomic E-state index is 12.2. The van der Waals surface area contributed by atoms with E-state index in [4.69, 9.17) is 0 Å². The third-order valence-corrected chi connectivity index (χ3v) is 3.17. The molecule has 0 aromatic carbocycles. The first-order valence-electron chi connectivity index (χ1n) is 6.18. The van der Waals surface area contributed by atoms with Crippen molar-refractivity contribution in [2.75, 3.05) is 13.1 Å². The van der Waals surface area contributed by atoms with Gasteiger partial charge in [0.15, 0.2) is 0 Å². The monoisotopic (exact) mass is 247 g/mol. The lowest BCUT2D eigenvalue weighted by Crippen LogP contribution is -2.46. The second-order valence-corrected chi connectivity index (χ2v) is 4.43. The Hall–Kier alpha value is -1.91. The molecule has 1 aromatic rings. The zero-order chi connectivity index (χ0) is 12.8. The van der Waals surface area contributed by atoms with E-state index in [0.717, 1.165) is 31.5 Å². The Balaban J connectivity index is 2.03. The highest BCUT2D eigenvalue weighted by atomic mass is 16.2. The van der Waals surface area contributed by atoms with E-state index in [9.17, 15) is 9.59 Å². The van der Waals surface area contributed by atoms with Gasteiger partial charge in [0, 0.05) is 31.9 Å². The summed E-state index contributed by atoms with van der Waals surface area (Å²) in [7, 11) is 0. The Morgan fingerprint density at radius 1 is 1.39 bits per heavy atom. The van der Waals surface area contributed by atoms with Crippen LogP contribution in [0.3, 0.4) is 0 Å². The Kier molecular flexibility index (Phi) is 4.28. The van der Waals surface area contributed by atoms with Crippen LogP contribution in [0.15, 0.2) is 24.5 Å². The number of carbonyl (C=O) groups excluding carboxylic acids is 2. The van der Waals surface area contributed by atoms with Crippen LogP contribution in [0.25, 0.3) is 0 Å². The molecule has 0 spiro atoms. The number of likely N-dealkylation sites (tertiary alicyclic amines) is 1. The van der Waals surface area contributed by atoms with Crippen LogP contribution in [0.5, 0.6) is 0 Å². The molecule has 1 fully saturated rings. The number of aromatic nitrogens is 1. The fourth-order valence-electron chi connectivity index (χ4n) is 2.21. The fourth-order valence-corrected chi connectivity index (χ4v) is 2.21. The molecule has 2 heterocycles. The maximum atomic E-state index is 12.2. The van der Waals surface area contributed by atoms with Gasteiger partial charge in [-0.3, -0.25) is 14.6 Å². The van der Waals surface area contributed by atoms with E-state index in [1.54, 1.807) is 12.4 Å². The lowest BCUT2D eigenvalue weighted by atomic mass is 10.1. The average molecular weight is 247 g/mol. The van der Waals surface area contributed by atoms with Gasteiger partial charge in [0.2, 0.25) is 12.3 Å². The maximum Gasteiger partial charge on any atom is 0.245 e. The summed E-state index contributed by atoms with van der Waals surface area (Å²) in [4.78, 5) is 28.6. The van der Waals surface area contributed by atoms with E-state index < -0.39 is 6.04 Å². The van der Waals surface area contributed by atoms with E-state index in [1.807, 2.05) is 17.0 Å². The van der Waals surface area contributed by atoms with Crippen LogP contribution in [0.2, 0.25) is 0 Å². The van der Waals surface area contributed by atoms with Crippen LogP contribution < -0.4 is 5.32 Å². The summed E-state index contributed by atoms with van der Waals surface area (Å²) < 4.78 is 0. The molecule has 0 aliphatic carbocycles. The van der Waals surface area contributed by atoms with Gasteiger partial charge in [-0.25, -0.2) is 0 Å². The first kappa shape index (κ1) is 12.5. The van der Waals surface area contributed by atoms with Crippen LogP contribution in [0.1, 0.15) is 18.4 Å². The number of nitrogens with one attached hydrogen (secondary N) is 1. The molecule has 1 aliphatic rings. The summed E-state index contributed by atoms with van der Waals surface area (Å²) in [5.74, 6) is 0.0106. The highest BCUT2D eigenvalue weighted by molar-refractivity contribution is 5.84. The summed E-state index contributed by atoms with van der Waals surface area (Å²) >= 11 is 0. The SMILES string of the molecule is O=CN[C@H](Cc1ccncc1)C(=O)N1CCCC1. The lowest BCUT2D eigenvalue weighted by molar-refractivity contribution is -0.133. The van der Waals surface area contributed by atoms with Crippen molar-refractivity contribution in [3.05, 3.63) is 30.1 Å². The number of rotatable bonds is 5. The average Bonchev–Trinajstić information content (AvgIpc) is 2.92. The molecule has 2 rings (SSSR count). The lowest BCUT2D eigenvalue weighted by Gasteiger charge is -2.22. The molecule has 2 amide bonds. The number of hydrogen-bond acceptors (Lipinski definition) is 3. The summed E-state index contributed by atoms with van der Waals surface area (Å²) in [6, 6.07) is 3.25. The molecule has 1 N–H and O–H groups in total. The molecule has 1 aromatic heterocycles. The Morgan fingerprint density at radius 2 is 2.06 bits per heavy atom. The van der Waals surface area contributed by atoms with E-state index in [1.165, 1.54) is 0 Å². The highest BCUT2D eigenvalue weighted by Crippen LogP contribution is 2.11. The predicted molar refractivity (Wildman–Crippen MR) is 66.7 cm³/mol. The highest BCUT2D eigenvalue weighted by Gasteiger charge is 2.26. The number of hydrogen-bond donors (Lipinski definition) is 1. The van der Waals surface area contributed by atoms with Crippen molar-refractivity contribution in [2.45, 2.75) is 25.3 Å². The molecule has 5 heteroatoms. The van der Waals surface area contributed by atoms with Crippen LogP contribution in [-0.2, 0) is 16.0 Å². The van der Waals surface area contributed by atoms with Crippen LogP contribution >= 0.6 is 0 Å². The molecule has 96 valence electrons. The largest absolute Gasteiger partial charge is 0.347 e.